The van der Waals surface area contributed by atoms with E-state index in [1.807, 2.05) is 0 Å². The molecule has 1 aromatic carbocycles. The van der Waals surface area contributed by atoms with Crippen molar-refractivity contribution in [1.82, 2.24) is 5.32 Å². The summed E-state index contributed by atoms with van der Waals surface area (Å²) in [5.41, 5.74) is 0.861. The lowest BCUT2D eigenvalue weighted by Gasteiger charge is -2.13. The molecule has 0 saturated carbocycles. The smallest absolute Gasteiger partial charge is 0.180 e. The molecule has 1 heterocycles. The molecule has 0 fully saturated rings. The number of carbonyl (C=O) groups is 2. The first kappa shape index (κ1) is 12.6. The summed E-state index contributed by atoms with van der Waals surface area (Å²) >= 11 is 0. The van der Waals surface area contributed by atoms with Crippen molar-refractivity contribution in [2.75, 3.05) is 26.8 Å². The summed E-state index contributed by atoms with van der Waals surface area (Å²) in [6.07, 6.45) is 1.44. The number of benzene rings is 1. The highest BCUT2D eigenvalue weighted by molar-refractivity contribution is 6.02. The van der Waals surface area contributed by atoms with E-state index in [1.165, 1.54) is 0 Å². The summed E-state index contributed by atoms with van der Waals surface area (Å²) in [4.78, 5) is 22.9. The van der Waals surface area contributed by atoms with Gasteiger partial charge in [-0.2, -0.15) is 0 Å². The van der Waals surface area contributed by atoms with E-state index in [9.17, 15) is 9.59 Å². The van der Waals surface area contributed by atoms with Crippen LogP contribution in [0.3, 0.4) is 0 Å². The molecule has 96 valence electrons. The lowest BCUT2D eigenvalue weighted by Crippen LogP contribution is -2.19. The predicted molar refractivity (Wildman–Crippen MR) is 65.7 cm³/mol. The Morgan fingerprint density at radius 3 is 2.72 bits per heavy atom. The lowest BCUT2D eigenvalue weighted by atomic mass is 10.1. The van der Waals surface area contributed by atoms with Crippen molar-refractivity contribution >= 4 is 12.1 Å². The molecule has 0 amide bonds. The fourth-order valence-electron chi connectivity index (χ4n) is 1.85. The van der Waals surface area contributed by atoms with Gasteiger partial charge in [0.2, 0.25) is 0 Å². The van der Waals surface area contributed by atoms with Crippen LogP contribution in [0.5, 0.6) is 11.5 Å². The summed E-state index contributed by atoms with van der Waals surface area (Å²) in [6, 6.07) is 3.19. The van der Waals surface area contributed by atoms with Crippen molar-refractivity contribution in [3.8, 4) is 11.5 Å². The Balaban J connectivity index is 2.48. The Kier molecular flexibility index (Phi) is 3.94. The Labute approximate surface area is 105 Å². The summed E-state index contributed by atoms with van der Waals surface area (Å²) in [6.45, 7) is 1.18. The number of rotatable bonds is 4. The van der Waals surface area contributed by atoms with Gasteiger partial charge in [0, 0.05) is 6.42 Å². The maximum absolute atomic E-state index is 11.9. The maximum Gasteiger partial charge on any atom is 0.180 e. The van der Waals surface area contributed by atoms with Gasteiger partial charge in [-0.25, -0.2) is 0 Å². The minimum absolute atomic E-state index is 0.0864. The average Bonchev–Trinajstić information content (AvgIpc) is 2.63. The molecule has 0 aliphatic carbocycles. The van der Waals surface area contributed by atoms with E-state index in [1.54, 1.807) is 19.2 Å². The second kappa shape index (κ2) is 5.64. The third kappa shape index (κ3) is 2.36. The van der Waals surface area contributed by atoms with Crippen LogP contribution in [0, 0.1) is 0 Å². The molecular formula is C13H15NO4. The molecular weight excluding hydrogens is 234 g/mol. The van der Waals surface area contributed by atoms with Gasteiger partial charge in [-0.3, -0.25) is 9.59 Å². The van der Waals surface area contributed by atoms with Crippen molar-refractivity contribution in [2.24, 2.45) is 0 Å². The largest absolute Gasteiger partial charge is 0.489 e. The first-order valence-corrected chi connectivity index (χ1v) is 5.83. The number of ether oxygens (including phenoxy) is 2. The molecule has 0 spiro atoms. The van der Waals surface area contributed by atoms with E-state index < -0.39 is 0 Å². The number of ketones is 1. The zero-order valence-corrected chi connectivity index (χ0v) is 10.2. The predicted octanol–water partition coefficient (Wildman–Crippen LogP) is 1.06. The Bertz CT molecular complexity index is 470. The molecule has 18 heavy (non-hydrogen) atoms. The SMILES string of the molecule is CNCC(=O)c1ccc(C=O)c2c1OCCCO2. The van der Waals surface area contributed by atoms with E-state index in [0.717, 1.165) is 6.42 Å². The molecule has 0 unspecified atom stereocenters. The molecule has 1 N–H and O–H groups in total. The Morgan fingerprint density at radius 2 is 2.06 bits per heavy atom. The normalized spacial score (nSPS) is 13.8. The lowest BCUT2D eigenvalue weighted by molar-refractivity contribution is 0.0988. The monoisotopic (exact) mass is 249 g/mol. The second-order valence-electron chi connectivity index (χ2n) is 3.98. The van der Waals surface area contributed by atoms with Crippen LogP contribution in [0.25, 0.3) is 0 Å². The highest BCUT2D eigenvalue weighted by Gasteiger charge is 2.22. The van der Waals surface area contributed by atoms with E-state index in [4.69, 9.17) is 9.47 Å². The second-order valence-corrected chi connectivity index (χ2v) is 3.98. The van der Waals surface area contributed by atoms with Crippen LogP contribution in [0.1, 0.15) is 27.1 Å². The Morgan fingerprint density at radius 1 is 1.33 bits per heavy atom. The van der Waals surface area contributed by atoms with Gasteiger partial charge in [0.1, 0.15) is 0 Å². The van der Waals surface area contributed by atoms with Crippen LogP contribution in [0.2, 0.25) is 0 Å². The topological polar surface area (TPSA) is 64.6 Å². The van der Waals surface area contributed by atoms with E-state index in [2.05, 4.69) is 5.32 Å². The number of aldehydes is 1. The van der Waals surface area contributed by atoms with Crippen LogP contribution in [-0.2, 0) is 0 Å². The minimum Gasteiger partial charge on any atom is -0.489 e. The van der Waals surface area contributed by atoms with Crippen molar-refractivity contribution < 1.29 is 19.1 Å². The molecule has 1 aliphatic heterocycles. The molecule has 5 heteroatoms. The fourth-order valence-corrected chi connectivity index (χ4v) is 1.85. The van der Waals surface area contributed by atoms with E-state index in [-0.39, 0.29) is 12.3 Å². The van der Waals surface area contributed by atoms with Gasteiger partial charge in [0.05, 0.1) is 30.9 Å². The molecule has 0 atom stereocenters. The number of Topliss-reactive ketones (excluding diaryl/α,β-unsaturated/α-hetero) is 1. The van der Waals surface area contributed by atoms with Crippen molar-refractivity contribution in [3.05, 3.63) is 23.3 Å². The van der Waals surface area contributed by atoms with Gasteiger partial charge in [0.25, 0.3) is 0 Å². The van der Waals surface area contributed by atoms with Gasteiger partial charge in [0.15, 0.2) is 23.6 Å². The van der Waals surface area contributed by atoms with Crippen molar-refractivity contribution in [3.63, 3.8) is 0 Å². The number of fused-ring (bicyclic) bond motifs is 1. The highest BCUT2D eigenvalue weighted by atomic mass is 16.5. The standard InChI is InChI=1S/C13H15NO4/c1-14-7-11(16)10-4-3-9(8-15)12-13(10)18-6-2-5-17-12/h3-4,8,14H,2,5-7H2,1H3. The third-order valence-corrected chi connectivity index (χ3v) is 2.69. The van der Waals surface area contributed by atoms with E-state index >= 15 is 0 Å². The number of nitrogens with one attached hydrogen (secondary N) is 1. The molecule has 0 saturated heterocycles. The number of carbonyl (C=O) groups excluding carboxylic acids is 2. The molecule has 5 nitrogen and oxygen atoms in total. The van der Waals surface area contributed by atoms with Crippen LogP contribution in [-0.4, -0.2) is 38.9 Å². The molecule has 1 aromatic rings. The number of likely N-dealkylation sites (N-methyl/N-ethyl adjacent to an activating group) is 1. The van der Waals surface area contributed by atoms with Gasteiger partial charge < -0.3 is 14.8 Å². The van der Waals surface area contributed by atoms with Gasteiger partial charge >= 0.3 is 0 Å². The zero-order chi connectivity index (χ0) is 13.0. The molecule has 0 radical (unpaired) electrons. The highest BCUT2D eigenvalue weighted by Crippen LogP contribution is 2.36. The quantitative estimate of drug-likeness (QED) is 0.638. The minimum atomic E-state index is -0.0864. The zero-order valence-electron chi connectivity index (χ0n) is 10.2. The molecule has 2 rings (SSSR count). The summed E-state index contributed by atoms with van der Waals surface area (Å²) < 4.78 is 11.1. The van der Waals surface area contributed by atoms with Gasteiger partial charge in [-0.15, -0.1) is 0 Å². The summed E-state index contributed by atoms with van der Waals surface area (Å²) in [7, 11) is 1.70. The number of hydrogen-bond acceptors (Lipinski definition) is 5. The fraction of sp³-hybridized carbons (Fsp3) is 0.385. The summed E-state index contributed by atoms with van der Waals surface area (Å²) in [5, 5.41) is 2.80. The van der Waals surface area contributed by atoms with Crippen molar-refractivity contribution in [2.45, 2.75) is 6.42 Å². The van der Waals surface area contributed by atoms with Crippen LogP contribution in [0.4, 0.5) is 0 Å². The first-order chi connectivity index (χ1) is 8.77. The van der Waals surface area contributed by atoms with Gasteiger partial charge in [-0.1, -0.05) is 0 Å². The maximum atomic E-state index is 11.9. The molecule has 0 aromatic heterocycles. The van der Waals surface area contributed by atoms with Gasteiger partial charge in [-0.05, 0) is 19.2 Å². The van der Waals surface area contributed by atoms with Crippen molar-refractivity contribution in [1.29, 1.82) is 0 Å². The number of hydrogen-bond donors (Lipinski definition) is 1. The summed E-state index contributed by atoms with van der Waals surface area (Å²) in [5.74, 6) is 0.679. The van der Waals surface area contributed by atoms with Crippen LogP contribution < -0.4 is 14.8 Å². The van der Waals surface area contributed by atoms with Crippen LogP contribution in [0.15, 0.2) is 12.1 Å². The molecule has 1 aliphatic rings. The third-order valence-electron chi connectivity index (χ3n) is 2.69. The first-order valence-electron chi connectivity index (χ1n) is 5.83. The molecule has 0 bridgehead atoms. The van der Waals surface area contributed by atoms with Crippen LogP contribution >= 0.6 is 0 Å². The average molecular weight is 249 g/mol. The van der Waals surface area contributed by atoms with E-state index in [0.29, 0.717) is 42.1 Å². The Hall–Kier alpha value is -1.88.